The molecule has 206 valence electrons. The summed E-state index contributed by atoms with van der Waals surface area (Å²) in [5, 5.41) is 4.36. The second kappa shape index (κ2) is 11.1. The van der Waals surface area contributed by atoms with Crippen molar-refractivity contribution in [1.29, 1.82) is 0 Å². The van der Waals surface area contributed by atoms with Crippen LogP contribution < -0.4 is 20.1 Å². The van der Waals surface area contributed by atoms with E-state index in [-0.39, 0.29) is 24.5 Å². The number of ether oxygens (including phenoxy) is 2. The number of imidazole rings is 1. The van der Waals surface area contributed by atoms with Crippen LogP contribution in [-0.2, 0) is 18.6 Å². The minimum Gasteiger partial charge on any atom is -0.479 e. The van der Waals surface area contributed by atoms with Crippen molar-refractivity contribution in [3.05, 3.63) is 47.2 Å². The molecule has 1 fully saturated rings. The molecule has 2 atom stereocenters. The second-order valence-electron chi connectivity index (χ2n) is 9.26. The van der Waals surface area contributed by atoms with Crippen LogP contribution in [0.4, 0.5) is 5.95 Å². The zero-order chi connectivity index (χ0) is 27.7. The molecule has 0 spiro atoms. The monoisotopic (exact) mass is 618 g/mol. The van der Waals surface area contributed by atoms with Crippen molar-refractivity contribution in [1.82, 2.24) is 24.6 Å². The lowest BCUT2D eigenvalue weighted by molar-refractivity contribution is -0.142. The molecule has 0 saturated heterocycles. The Balaban J connectivity index is 1.31. The number of carbonyl (C=O) groups excluding carboxylic acids is 1. The first-order chi connectivity index (χ1) is 18.7. The fourth-order valence-electron chi connectivity index (χ4n) is 4.58. The Morgan fingerprint density at radius 2 is 1.95 bits per heavy atom. The molecule has 3 N–H and O–H groups in total. The van der Waals surface area contributed by atoms with E-state index in [1.165, 1.54) is 21.1 Å². The maximum Gasteiger partial charge on any atom is 0.459 e. The lowest BCUT2D eigenvalue weighted by Gasteiger charge is -2.36. The highest BCUT2D eigenvalue weighted by Crippen LogP contribution is 2.50. The van der Waals surface area contributed by atoms with Crippen LogP contribution in [0, 0.1) is 5.92 Å². The summed E-state index contributed by atoms with van der Waals surface area (Å²) < 4.78 is 38.7. The number of nitrogens with one attached hydrogen (secondary N) is 1. The van der Waals surface area contributed by atoms with Crippen molar-refractivity contribution in [3.8, 4) is 11.6 Å². The van der Waals surface area contributed by atoms with Gasteiger partial charge < -0.3 is 24.3 Å². The summed E-state index contributed by atoms with van der Waals surface area (Å²) in [6.45, 7) is 1.69. The molecule has 39 heavy (non-hydrogen) atoms. The van der Waals surface area contributed by atoms with Gasteiger partial charge in [0.25, 0.3) is 0 Å². The van der Waals surface area contributed by atoms with Crippen LogP contribution >= 0.6 is 23.7 Å². The standard InChI is InChI=1S/C25H28BrN6O6P/c1-14(24(33)36-3)31-39(34,38-20-9-8-19(26)17-6-4-5-7-18(17)20)37-12-15-10-16(11-15)32-13-28-21-22(32)29-25(27)30-23(21)35-2/h4-9,13-16H,10-12H2,1-3H3,(H,31,34)(H2,27,29,30)/t14-,15?,16?,39?/m0/s1. The zero-order valence-corrected chi connectivity index (χ0v) is 24.0. The van der Waals surface area contributed by atoms with Crippen LogP contribution in [0.1, 0.15) is 25.8 Å². The number of rotatable bonds is 10. The first kappa shape index (κ1) is 27.3. The van der Waals surface area contributed by atoms with E-state index in [9.17, 15) is 9.36 Å². The molecule has 0 radical (unpaired) electrons. The van der Waals surface area contributed by atoms with Crippen LogP contribution in [0.5, 0.6) is 11.6 Å². The van der Waals surface area contributed by atoms with E-state index < -0.39 is 19.8 Å². The van der Waals surface area contributed by atoms with Gasteiger partial charge in [-0.2, -0.15) is 15.1 Å². The van der Waals surface area contributed by atoms with Crippen molar-refractivity contribution >= 4 is 57.5 Å². The third kappa shape index (κ3) is 5.58. The maximum absolute atomic E-state index is 13.9. The molecule has 12 nitrogen and oxygen atoms in total. The van der Waals surface area contributed by atoms with Gasteiger partial charge in [-0.3, -0.25) is 9.32 Å². The summed E-state index contributed by atoms with van der Waals surface area (Å²) in [4.78, 5) is 24.9. The number of carbonyl (C=O) groups is 1. The largest absolute Gasteiger partial charge is 0.479 e. The third-order valence-electron chi connectivity index (χ3n) is 6.64. The van der Waals surface area contributed by atoms with Crippen LogP contribution in [0.15, 0.2) is 47.2 Å². The molecule has 1 unspecified atom stereocenters. The Kier molecular flexibility index (Phi) is 7.77. The van der Waals surface area contributed by atoms with Gasteiger partial charge in [0.2, 0.25) is 11.8 Å². The topological polar surface area (TPSA) is 153 Å². The Bertz CT molecular complexity index is 1580. The second-order valence-corrected chi connectivity index (χ2v) is 11.8. The van der Waals surface area contributed by atoms with Gasteiger partial charge in [0.15, 0.2) is 11.2 Å². The minimum absolute atomic E-state index is 0.0855. The van der Waals surface area contributed by atoms with Gasteiger partial charge in [-0.25, -0.2) is 9.55 Å². The molecule has 0 amide bonds. The van der Waals surface area contributed by atoms with Crippen molar-refractivity contribution in [2.75, 3.05) is 26.6 Å². The number of fused-ring (bicyclic) bond motifs is 2. The Hall–Kier alpha value is -3.25. The predicted octanol–water partition coefficient (Wildman–Crippen LogP) is 4.64. The van der Waals surface area contributed by atoms with Crippen LogP contribution in [0.25, 0.3) is 21.9 Å². The lowest BCUT2D eigenvalue weighted by atomic mass is 9.81. The van der Waals surface area contributed by atoms with Gasteiger partial charge in [0.05, 0.1) is 27.2 Å². The van der Waals surface area contributed by atoms with Gasteiger partial charge in [0.1, 0.15) is 11.8 Å². The highest BCUT2D eigenvalue weighted by Gasteiger charge is 2.37. The number of nitrogens with two attached hydrogens (primary N) is 1. The number of methoxy groups -OCH3 is 2. The fourth-order valence-corrected chi connectivity index (χ4v) is 6.65. The van der Waals surface area contributed by atoms with Crippen molar-refractivity contribution in [2.45, 2.75) is 31.8 Å². The number of benzene rings is 2. The molecule has 2 heterocycles. The number of anilines is 1. The van der Waals surface area contributed by atoms with Crippen molar-refractivity contribution in [2.24, 2.45) is 5.92 Å². The first-order valence-corrected chi connectivity index (χ1v) is 14.6. The number of aromatic nitrogens is 4. The van der Waals surface area contributed by atoms with Crippen LogP contribution in [0.2, 0.25) is 0 Å². The smallest absolute Gasteiger partial charge is 0.459 e. The number of halogens is 1. The Labute approximate surface area is 232 Å². The average molecular weight is 619 g/mol. The quantitative estimate of drug-likeness (QED) is 0.189. The highest BCUT2D eigenvalue weighted by atomic mass is 79.9. The Morgan fingerprint density at radius 3 is 2.67 bits per heavy atom. The van der Waals surface area contributed by atoms with E-state index >= 15 is 0 Å². The summed E-state index contributed by atoms with van der Waals surface area (Å²) in [6.07, 6.45) is 3.15. The number of hydrogen-bond acceptors (Lipinski definition) is 10. The molecule has 4 aromatic rings. The SMILES string of the molecule is COC(=O)[C@H](C)NP(=O)(OCC1CC(n2cnc3c(OC)nc(N)nc32)C1)Oc1ccc(Br)c2ccccc12. The number of nitrogen functional groups attached to an aromatic ring is 1. The summed E-state index contributed by atoms with van der Waals surface area (Å²) >= 11 is 3.53. The van der Waals surface area contributed by atoms with E-state index in [1.54, 1.807) is 12.4 Å². The van der Waals surface area contributed by atoms with Gasteiger partial charge in [-0.1, -0.05) is 40.2 Å². The molecule has 0 bridgehead atoms. The third-order valence-corrected chi connectivity index (χ3v) is 8.96. The van der Waals surface area contributed by atoms with E-state index in [2.05, 4.69) is 36.0 Å². The minimum atomic E-state index is -3.99. The summed E-state index contributed by atoms with van der Waals surface area (Å²) in [5.41, 5.74) is 6.96. The van der Waals surface area contributed by atoms with E-state index in [0.29, 0.717) is 22.8 Å². The van der Waals surface area contributed by atoms with E-state index in [0.717, 1.165) is 28.1 Å². The predicted molar refractivity (Wildman–Crippen MR) is 148 cm³/mol. The average Bonchev–Trinajstić information content (AvgIpc) is 3.31. The molecule has 1 aliphatic rings. The zero-order valence-electron chi connectivity index (χ0n) is 21.5. The number of nitrogens with zero attached hydrogens (tertiary/aromatic N) is 4. The number of hydrogen-bond donors (Lipinski definition) is 2. The highest BCUT2D eigenvalue weighted by molar-refractivity contribution is 9.10. The Morgan fingerprint density at radius 1 is 1.21 bits per heavy atom. The molecular weight excluding hydrogens is 591 g/mol. The fraction of sp³-hybridized carbons (Fsp3) is 0.360. The summed E-state index contributed by atoms with van der Waals surface area (Å²) in [7, 11) is -1.23. The lowest BCUT2D eigenvalue weighted by Crippen LogP contribution is -2.36. The molecular formula is C25H28BrN6O6P. The number of esters is 1. The normalized spacial score (nSPS) is 19.3. The molecule has 1 saturated carbocycles. The van der Waals surface area contributed by atoms with Crippen LogP contribution in [0.3, 0.4) is 0 Å². The van der Waals surface area contributed by atoms with E-state index in [1.807, 2.05) is 34.9 Å². The van der Waals surface area contributed by atoms with Gasteiger partial charge in [0, 0.05) is 15.9 Å². The molecule has 0 aliphatic heterocycles. The van der Waals surface area contributed by atoms with Gasteiger partial charge in [-0.15, -0.1) is 0 Å². The summed E-state index contributed by atoms with van der Waals surface area (Å²) in [5.74, 6) is 0.284. The molecule has 1 aliphatic carbocycles. The first-order valence-electron chi connectivity index (χ1n) is 12.2. The maximum atomic E-state index is 13.9. The van der Waals surface area contributed by atoms with E-state index in [4.69, 9.17) is 24.3 Å². The molecule has 2 aromatic carbocycles. The van der Waals surface area contributed by atoms with Gasteiger partial charge >= 0.3 is 13.7 Å². The van der Waals surface area contributed by atoms with Crippen molar-refractivity contribution < 1.29 is 27.9 Å². The van der Waals surface area contributed by atoms with Gasteiger partial charge in [-0.05, 0) is 43.2 Å². The van der Waals surface area contributed by atoms with Crippen molar-refractivity contribution in [3.63, 3.8) is 0 Å². The molecule has 14 heteroatoms. The summed E-state index contributed by atoms with van der Waals surface area (Å²) in [6, 6.07) is 10.2. The van der Waals surface area contributed by atoms with Crippen LogP contribution in [-0.4, -0.2) is 52.4 Å². The molecule has 2 aromatic heterocycles. The molecule has 5 rings (SSSR count).